The molecular formula is C3H5Y-. The van der Waals surface area contributed by atoms with Gasteiger partial charge in [-0.15, -0.1) is 0 Å². The first kappa shape index (κ1) is 8.85. The van der Waals surface area contributed by atoms with Crippen LogP contribution in [0.15, 0.2) is 6.08 Å². The minimum absolute atomic E-state index is 0. The summed E-state index contributed by atoms with van der Waals surface area (Å²) in [6, 6.07) is 0. The Labute approximate surface area is 52.2 Å². The van der Waals surface area contributed by atoms with Crippen LogP contribution in [0.25, 0.3) is 0 Å². The van der Waals surface area contributed by atoms with Crippen LogP contribution in [0.4, 0.5) is 0 Å². The summed E-state index contributed by atoms with van der Waals surface area (Å²) < 4.78 is 0. The van der Waals surface area contributed by atoms with Gasteiger partial charge in [0.2, 0.25) is 0 Å². The third-order valence-electron chi connectivity index (χ3n) is 0. The van der Waals surface area contributed by atoms with Crippen molar-refractivity contribution >= 4 is 0 Å². The van der Waals surface area contributed by atoms with Crippen LogP contribution in [0.1, 0.15) is 6.92 Å². The SMILES string of the molecule is [CH-]=CC.[Y]. The molecule has 1 heteroatoms. The number of allylic oxidation sites excluding steroid dienone is 1. The molecular weight excluding hydrogens is 125 g/mol. The first-order valence-electron chi connectivity index (χ1n) is 0.911. The van der Waals surface area contributed by atoms with Gasteiger partial charge in [-0.3, -0.25) is 6.08 Å². The Hall–Kier alpha value is 0.844. The zero-order chi connectivity index (χ0) is 2.71. The summed E-state index contributed by atoms with van der Waals surface area (Å²) in [4.78, 5) is 0. The van der Waals surface area contributed by atoms with Crippen molar-refractivity contribution in [2.24, 2.45) is 0 Å². The van der Waals surface area contributed by atoms with Crippen LogP contribution in [0.3, 0.4) is 0 Å². The van der Waals surface area contributed by atoms with Crippen molar-refractivity contribution in [3.63, 3.8) is 0 Å². The van der Waals surface area contributed by atoms with Gasteiger partial charge in [0, 0.05) is 32.7 Å². The molecule has 0 atom stereocenters. The van der Waals surface area contributed by atoms with Crippen LogP contribution >= 0.6 is 0 Å². The normalized spacial score (nSPS) is 3.25. The predicted octanol–water partition coefficient (Wildman–Crippen LogP) is 0.993. The summed E-state index contributed by atoms with van der Waals surface area (Å²) in [7, 11) is 0. The smallest absolute Gasteiger partial charge is 0 e. The van der Waals surface area contributed by atoms with E-state index < -0.39 is 0 Å². The van der Waals surface area contributed by atoms with E-state index in [2.05, 4.69) is 0 Å². The van der Waals surface area contributed by atoms with Crippen LogP contribution in [0.5, 0.6) is 0 Å². The molecule has 0 nitrogen and oxygen atoms in total. The first-order valence-corrected chi connectivity index (χ1v) is 0.911. The molecule has 21 valence electrons. The fourth-order valence-electron chi connectivity index (χ4n) is 0. The van der Waals surface area contributed by atoms with E-state index in [0.717, 1.165) is 0 Å². The quantitative estimate of drug-likeness (QED) is 0.429. The zero-order valence-corrected chi connectivity index (χ0v) is 5.57. The Morgan fingerprint density at radius 1 is 1.75 bits per heavy atom. The van der Waals surface area contributed by atoms with Crippen molar-refractivity contribution in [3.8, 4) is 0 Å². The second kappa shape index (κ2) is 9.14. The van der Waals surface area contributed by atoms with Crippen molar-refractivity contribution in [1.82, 2.24) is 0 Å². The van der Waals surface area contributed by atoms with E-state index in [-0.39, 0.29) is 32.7 Å². The van der Waals surface area contributed by atoms with E-state index >= 15 is 0 Å². The van der Waals surface area contributed by atoms with Gasteiger partial charge in [-0.1, -0.05) is 6.92 Å². The molecule has 0 bridgehead atoms. The Morgan fingerprint density at radius 3 is 1.75 bits per heavy atom. The number of hydrogen-bond donors (Lipinski definition) is 0. The van der Waals surface area contributed by atoms with E-state index in [0.29, 0.717) is 0 Å². The molecule has 0 rings (SSSR count). The van der Waals surface area contributed by atoms with Crippen molar-refractivity contribution in [2.75, 3.05) is 0 Å². The molecule has 0 aliphatic carbocycles. The second-order valence-electron chi connectivity index (χ2n) is 0.333. The maximum Gasteiger partial charge on any atom is 0 e. The van der Waals surface area contributed by atoms with Crippen molar-refractivity contribution in [3.05, 3.63) is 12.7 Å². The average Bonchev–Trinajstić information content (AvgIpc) is 0.918. The fraction of sp³-hybridized carbons (Fsp3) is 0.333. The Kier molecular flexibility index (Phi) is 20.2. The second-order valence-corrected chi connectivity index (χ2v) is 0.333. The molecule has 0 aliphatic rings. The van der Waals surface area contributed by atoms with Gasteiger partial charge in [-0.2, -0.15) is 0 Å². The van der Waals surface area contributed by atoms with E-state index in [1.54, 1.807) is 6.92 Å². The summed E-state index contributed by atoms with van der Waals surface area (Å²) in [5.74, 6) is 0. The third kappa shape index (κ3) is 13.6. The van der Waals surface area contributed by atoms with Crippen LogP contribution in [-0.2, 0) is 32.7 Å². The maximum absolute atomic E-state index is 4.72. The maximum atomic E-state index is 4.72. The average molecular weight is 130 g/mol. The molecule has 0 amide bonds. The molecule has 4 heavy (non-hydrogen) atoms. The Bertz CT molecular complexity index is 10.8. The number of hydrogen-bond acceptors (Lipinski definition) is 0. The molecule has 0 aromatic heterocycles. The standard InChI is InChI=1S/C3H5.Y/c1-3-2;/h1,3H,2H3;/q-1;. The zero-order valence-electron chi connectivity index (χ0n) is 2.73. The van der Waals surface area contributed by atoms with E-state index in [4.69, 9.17) is 6.58 Å². The van der Waals surface area contributed by atoms with Gasteiger partial charge < -0.3 is 6.58 Å². The Morgan fingerprint density at radius 2 is 1.75 bits per heavy atom. The van der Waals surface area contributed by atoms with Gasteiger partial charge in [-0.25, -0.2) is 0 Å². The Balaban J connectivity index is 0. The van der Waals surface area contributed by atoms with Crippen LogP contribution in [0.2, 0.25) is 0 Å². The van der Waals surface area contributed by atoms with Crippen molar-refractivity contribution in [1.29, 1.82) is 0 Å². The molecule has 0 saturated heterocycles. The minimum Gasteiger partial charge on any atom is -0.518 e. The third-order valence-corrected chi connectivity index (χ3v) is 0. The molecule has 0 saturated carbocycles. The van der Waals surface area contributed by atoms with E-state index in [1.807, 2.05) is 0 Å². The van der Waals surface area contributed by atoms with E-state index in [1.165, 1.54) is 6.08 Å². The van der Waals surface area contributed by atoms with Gasteiger partial charge in [0.1, 0.15) is 0 Å². The van der Waals surface area contributed by atoms with Crippen LogP contribution < -0.4 is 0 Å². The topological polar surface area (TPSA) is 0 Å². The van der Waals surface area contributed by atoms with E-state index in [9.17, 15) is 0 Å². The fourth-order valence-corrected chi connectivity index (χ4v) is 0. The molecule has 0 aromatic carbocycles. The molecule has 1 radical (unpaired) electrons. The first-order chi connectivity index (χ1) is 1.41. The molecule has 0 spiro atoms. The molecule has 0 fully saturated rings. The molecule has 0 unspecified atom stereocenters. The van der Waals surface area contributed by atoms with Gasteiger partial charge in [-0.05, 0) is 0 Å². The van der Waals surface area contributed by atoms with Crippen LogP contribution in [0, 0.1) is 6.58 Å². The molecule has 0 heterocycles. The summed E-state index contributed by atoms with van der Waals surface area (Å²) in [6.45, 7) is 6.50. The summed E-state index contributed by atoms with van der Waals surface area (Å²) >= 11 is 0. The van der Waals surface area contributed by atoms with Gasteiger partial charge in [0.15, 0.2) is 0 Å². The van der Waals surface area contributed by atoms with Gasteiger partial charge >= 0.3 is 0 Å². The van der Waals surface area contributed by atoms with Gasteiger partial charge in [0.05, 0.1) is 0 Å². The van der Waals surface area contributed by atoms with Gasteiger partial charge in [0.25, 0.3) is 0 Å². The molecule has 0 aromatic rings. The summed E-state index contributed by atoms with van der Waals surface area (Å²) in [5, 5.41) is 0. The summed E-state index contributed by atoms with van der Waals surface area (Å²) in [5.41, 5.74) is 0. The molecule has 0 N–H and O–H groups in total. The minimum atomic E-state index is 0. The largest absolute Gasteiger partial charge is 0.518 e. The van der Waals surface area contributed by atoms with Crippen LogP contribution in [-0.4, -0.2) is 0 Å². The molecule has 0 aliphatic heterocycles. The predicted molar refractivity (Wildman–Crippen MR) is 14.5 cm³/mol. The number of rotatable bonds is 0. The monoisotopic (exact) mass is 130 g/mol. The summed E-state index contributed by atoms with van der Waals surface area (Å²) in [6.07, 6.45) is 1.50. The van der Waals surface area contributed by atoms with Crippen molar-refractivity contribution < 1.29 is 32.7 Å². The van der Waals surface area contributed by atoms with Crippen molar-refractivity contribution in [2.45, 2.75) is 6.92 Å².